The third-order valence-electron chi connectivity index (χ3n) is 3.87. The van der Waals surface area contributed by atoms with Crippen LogP contribution < -0.4 is 0 Å². The molecule has 0 aromatic carbocycles. The molecule has 1 aromatic rings. The molecule has 5 heteroatoms. The summed E-state index contributed by atoms with van der Waals surface area (Å²) in [6.45, 7) is 10.8. The van der Waals surface area contributed by atoms with Crippen LogP contribution >= 0.6 is 0 Å². The van der Waals surface area contributed by atoms with Gasteiger partial charge in [-0.3, -0.25) is 4.90 Å². The van der Waals surface area contributed by atoms with E-state index in [4.69, 9.17) is 0 Å². The van der Waals surface area contributed by atoms with Crippen LogP contribution in [-0.2, 0) is 13.1 Å². The quantitative estimate of drug-likeness (QED) is 0.744. The molecule has 18 heavy (non-hydrogen) atoms. The van der Waals surface area contributed by atoms with Crippen molar-refractivity contribution in [1.82, 2.24) is 25.1 Å². The zero-order valence-corrected chi connectivity index (χ0v) is 12.0. The minimum atomic E-state index is 0.587. The first kappa shape index (κ1) is 13.5. The van der Waals surface area contributed by atoms with Gasteiger partial charge in [-0.1, -0.05) is 20.8 Å². The number of rotatable bonds is 7. The molecule has 0 saturated heterocycles. The van der Waals surface area contributed by atoms with Crippen LogP contribution in [0.2, 0.25) is 0 Å². The molecular formula is C13H25N5. The Hall–Kier alpha value is -0.970. The molecule has 0 amide bonds. The van der Waals surface area contributed by atoms with Gasteiger partial charge in [0.05, 0.1) is 6.54 Å². The fourth-order valence-corrected chi connectivity index (χ4v) is 2.28. The van der Waals surface area contributed by atoms with Crippen molar-refractivity contribution in [3.05, 3.63) is 5.82 Å². The molecule has 1 aromatic heterocycles. The Labute approximate surface area is 110 Å². The Morgan fingerprint density at radius 1 is 1.33 bits per heavy atom. The van der Waals surface area contributed by atoms with Crippen LogP contribution in [0.3, 0.4) is 0 Å². The summed E-state index contributed by atoms with van der Waals surface area (Å²) in [5.41, 5.74) is 0. The van der Waals surface area contributed by atoms with Crippen molar-refractivity contribution >= 4 is 0 Å². The van der Waals surface area contributed by atoms with E-state index in [2.05, 4.69) is 48.1 Å². The van der Waals surface area contributed by atoms with Gasteiger partial charge in [-0.25, -0.2) is 4.68 Å². The predicted octanol–water partition coefficient (Wildman–Crippen LogP) is 2.09. The largest absolute Gasteiger partial charge is 0.290 e. The molecule has 2 rings (SSSR count). The fraction of sp³-hybridized carbons (Fsp3) is 0.923. The lowest BCUT2D eigenvalue weighted by atomic mass is 10.0. The van der Waals surface area contributed by atoms with Crippen LogP contribution in [0.5, 0.6) is 0 Å². The summed E-state index contributed by atoms with van der Waals surface area (Å²) in [4.78, 5) is 2.57. The molecule has 1 saturated carbocycles. The first-order valence-corrected chi connectivity index (χ1v) is 7.14. The summed E-state index contributed by atoms with van der Waals surface area (Å²) < 4.78 is 1.95. The van der Waals surface area contributed by atoms with Gasteiger partial charge in [0.2, 0.25) is 0 Å². The highest BCUT2D eigenvalue weighted by molar-refractivity contribution is 4.92. The zero-order chi connectivity index (χ0) is 13.1. The van der Waals surface area contributed by atoms with Crippen molar-refractivity contribution in [3.63, 3.8) is 0 Å². The van der Waals surface area contributed by atoms with E-state index in [1.807, 2.05) is 4.68 Å². The number of aromatic nitrogens is 4. The van der Waals surface area contributed by atoms with E-state index in [9.17, 15) is 0 Å². The molecule has 1 unspecified atom stereocenters. The van der Waals surface area contributed by atoms with E-state index < -0.39 is 0 Å². The molecule has 0 radical (unpaired) electrons. The van der Waals surface area contributed by atoms with Gasteiger partial charge in [0.1, 0.15) is 0 Å². The molecule has 1 aliphatic rings. The van der Waals surface area contributed by atoms with Gasteiger partial charge < -0.3 is 0 Å². The van der Waals surface area contributed by atoms with Crippen LogP contribution in [-0.4, -0.2) is 37.2 Å². The lowest BCUT2D eigenvalue weighted by Gasteiger charge is -2.31. The van der Waals surface area contributed by atoms with E-state index in [1.54, 1.807) is 0 Å². The van der Waals surface area contributed by atoms with Crippen molar-refractivity contribution in [1.29, 1.82) is 0 Å². The maximum atomic E-state index is 4.19. The number of tetrazole rings is 1. The Kier molecular flexibility index (Phi) is 4.32. The van der Waals surface area contributed by atoms with Crippen LogP contribution in [0.1, 0.15) is 52.8 Å². The van der Waals surface area contributed by atoms with E-state index in [-0.39, 0.29) is 0 Å². The normalized spacial score (nSPS) is 17.7. The summed E-state index contributed by atoms with van der Waals surface area (Å²) in [5, 5.41) is 12.1. The summed E-state index contributed by atoms with van der Waals surface area (Å²) in [5.74, 6) is 1.68. The second-order valence-corrected chi connectivity index (χ2v) is 5.71. The Morgan fingerprint density at radius 3 is 2.61 bits per heavy atom. The standard InChI is InChI=1S/C13H25N5/c1-5-8-18-13(14-15-16-18)9-17(12-6-7-12)11(4)10(2)3/h10-12H,5-9H2,1-4H3. The van der Waals surface area contributed by atoms with Crippen molar-refractivity contribution in [3.8, 4) is 0 Å². The highest BCUT2D eigenvalue weighted by Crippen LogP contribution is 2.31. The second kappa shape index (κ2) is 5.78. The molecular weight excluding hydrogens is 226 g/mol. The second-order valence-electron chi connectivity index (χ2n) is 5.71. The van der Waals surface area contributed by atoms with Crippen molar-refractivity contribution < 1.29 is 0 Å². The zero-order valence-electron chi connectivity index (χ0n) is 12.0. The van der Waals surface area contributed by atoms with E-state index in [0.29, 0.717) is 12.0 Å². The number of aryl methyl sites for hydroxylation is 1. The van der Waals surface area contributed by atoms with Crippen molar-refractivity contribution in [2.45, 2.75) is 72.1 Å². The van der Waals surface area contributed by atoms with E-state index >= 15 is 0 Å². The third-order valence-corrected chi connectivity index (χ3v) is 3.87. The van der Waals surface area contributed by atoms with Crippen LogP contribution in [0.25, 0.3) is 0 Å². The molecule has 1 atom stereocenters. The minimum absolute atomic E-state index is 0.587. The van der Waals surface area contributed by atoms with Gasteiger partial charge in [0, 0.05) is 18.6 Å². The molecule has 1 fully saturated rings. The highest BCUT2D eigenvalue weighted by Gasteiger charge is 2.34. The molecule has 0 aliphatic heterocycles. The van der Waals surface area contributed by atoms with Gasteiger partial charge in [-0.05, 0) is 42.5 Å². The molecule has 0 N–H and O–H groups in total. The number of nitrogens with zero attached hydrogens (tertiary/aromatic N) is 5. The minimum Gasteiger partial charge on any atom is -0.290 e. The molecule has 0 bridgehead atoms. The SMILES string of the molecule is CCCn1nnnc1CN(C1CC1)C(C)C(C)C. The number of hydrogen-bond donors (Lipinski definition) is 0. The van der Waals surface area contributed by atoms with E-state index in [1.165, 1.54) is 12.8 Å². The lowest BCUT2D eigenvalue weighted by Crippen LogP contribution is -2.38. The maximum absolute atomic E-state index is 4.19. The average molecular weight is 251 g/mol. The van der Waals surface area contributed by atoms with Gasteiger partial charge in [0.15, 0.2) is 5.82 Å². The molecule has 102 valence electrons. The van der Waals surface area contributed by atoms with E-state index in [0.717, 1.165) is 31.4 Å². The molecule has 1 heterocycles. The van der Waals surface area contributed by atoms with Crippen LogP contribution in [0.15, 0.2) is 0 Å². The number of hydrogen-bond acceptors (Lipinski definition) is 4. The van der Waals surface area contributed by atoms with Crippen molar-refractivity contribution in [2.75, 3.05) is 0 Å². The molecule has 5 nitrogen and oxygen atoms in total. The van der Waals surface area contributed by atoms with Crippen LogP contribution in [0.4, 0.5) is 0 Å². The van der Waals surface area contributed by atoms with Crippen LogP contribution in [0, 0.1) is 5.92 Å². The van der Waals surface area contributed by atoms with Crippen molar-refractivity contribution in [2.24, 2.45) is 5.92 Å². The highest BCUT2D eigenvalue weighted by atomic mass is 15.5. The smallest absolute Gasteiger partial charge is 0.165 e. The van der Waals surface area contributed by atoms with Gasteiger partial charge in [-0.2, -0.15) is 0 Å². The maximum Gasteiger partial charge on any atom is 0.165 e. The Morgan fingerprint density at radius 2 is 2.06 bits per heavy atom. The van der Waals surface area contributed by atoms with Gasteiger partial charge >= 0.3 is 0 Å². The summed E-state index contributed by atoms with van der Waals surface area (Å²) in [7, 11) is 0. The fourth-order valence-electron chi connectivity index (χ4n) is 2.28. The molecule has 0 spiro atoms. The lowest BCUT2D eigenvalue weighted by molar-refractivity contribution is 0.144. The average Bonchev–Trinajstić information content (AvgIpc) is 3.08. The summed E-state index contributed by atoms with van der Waals surface area (Å²) in [6, 6.07) is 1.33. The topological polar surface area (TPSA) is 46.8 Å². The summed E-state index contributed by atoms with van der Waals surface area (Å²) in [6.07, 6.45) is 3.72. The predicted molar refractivity (Wildman–Crippen MR) is 71.0 cm³/mol. The Bertz CT molecular complexity index is 369. The monoisotopic (exact) mass is 251 g/mol. The van der Waals surface area contributed by atoms with Gasteiger partial charge in [0.25, 0.3) is 0 Å². The first-order chi connectivity index (χ1) is 8.63. The third kappa shape index (κ3) is 3.07. The first-order valence-electron chi connectivity index (χ1n) is 7.14. The Balaban J connectivity index is 2.06. The van der Waals surface area contributed by atoms with Gasteiger partial charge in [-0.15, -0.1) is 5.10 Å². The molecule has 1 aliphatic carbocycles. The summed E-state index contributed by atoms with van der Waals surface area (Å²) >= 11 is 0.